The fraction of sp³-hybridized carbons (Fsp3) is 0.333. The largest absolute Gasteiger partial charge is 0.389 e. The number of pyridine rings is 1. The number of nitriles is 1. The Kier molecular flexibility index (Phi) is 5.07. The van der Waals surface area contributed by atoms with Gasteiger partial charge in [-0.3, -0.25) is 4.98 Å². The van der Waals surface area contributed by atoms with Crippen LogP contribution < -0.4 is 10.6 Å². The molecule has 2 aliphatic heterocycles. The standard InChI is InChI=1S/C24H21F2N7OS/c1-32(2)11-3-4-33(8-11)24-30-6-13-14-9-34-10-15(14)17(19(26)20(13)31-24)21-18-12(5-27)23(28)35-22(18)16(25)7-29-21/h6-7,11H,3-4,8-10,28H2,1-2H3/t11-/m1/s1. The quantitative estimate of drug-likeness (QED) is 0.460. The zero-order valence-electron chi connectivity index (χ0n) is 19.1. The first-order valence-electron chi connectivity index (χ1n) is 11.1. The van der Waals surface area contributed by atoms with Crippen LogP contribution in [0.5, 0.6) is 0 Å². The molecule has 5 heterocycles. The molecule has 8 nitrogen and oxygen atoms in total. The zero-order valence-corrected chi connectivity index (χ0v) is 19.9. The molecule has 1 fully saturated rings. The average Bonchev–Trinajstić information content (AvgIpc) is 3.59. The lowest BCUT2D eigenvalue weighted by molar-refractivity contribution is 0.135. The Labute approximate surface area is 203 Å². The van der Waals surface area contributed by atoms with Gasteiger partial charge in [0.05, 0.1) is 35.4 Å². The minimum atomic E-state index is -0.606. The van der Waals surface area contributed by atoms with Crippen molar-refractivity contribution in [1.82, 2.24) is 19.9 Å². The van der Waals surface area contributed by atoms with Gasteiger partial charge >= 0.3 is 0 Å². The van der Waals surface area contributed by atoms with Crippen LogP contribution in [0.4, 0.5) is 19.7 Å². The lowest BCUT2D eigenvalue weighted by atomic mass is 9.94. The van der Waals surface area contributed by atoms with Gasteiger partial charge in [-0.25, -0.2) is 18.7 Å². The predicted octanol–water partition coefficient (Wildman–Crippen LogP) is 3.81. The van der Waals surface area contributed by atoms with Crippen molar-refractivity contribution in [3.05, 3.63) is 40.7 Å². The van der Waals surface area contributed by atoms with Crippen molar-refractivity contribution >= 4 is 43.3 Å². The molecule has 35 heavy (non-hydrogen) atoms. The van der Waals surface area contributed by atoms with E-state index in [2.05, 4.69) is 24.8 Å². The predicted molar refractivity (Wildman–Crippen MR) is 130 cm³/mol. The highest BCUT2D eigenvalue weighted by atomic mass is 32.1. The molecule has 0 aliphatic carbocycles. The van der Waals surface area contributed by atoms with Crippen molar-refractivity contribution in [3.63, 3.8) is 0 Å². The maximum atomic E-state index is 16.3. The molecule has 0 bridgehead atoms. The molecule has 6 rings (SSSR count). The molecular formula is C24H21F2N7OS. The van der Waals surface area contributed by atoms with E-state index in [1.54, 1.807) is 6.20 Å². The highest BCUT2D eigenvalue weighted by Gasteiger charge is 2.31. The second kappa shape index (κ2) is 8.05. The smallest absolute Gasteiger partial charge is 0.226 e. The van der Waals surface area contributed by atoms with E-state index in [0.29, 0.717) is 22.9 Å². The summed E-state index contributed by atoms with van der Waals surface area (Å²) < 4.78 is 36.8. The van der Waals surface area contributed by atoms with Crippen molar-refractivity contribution in [2.24, 2.45) is 0 Å². The zero-order chi connectivity index (χ0) is 24.4. The molecule has 1 saturated heterocycles. The summed E-state index contributed by atoms with van der Waals surface area (Å²) in [6.45, 7) is 1.96. The number of thiophene rings is 1. The number of ether oxygens (including phenoxy) is 1. The van der Waals surface area contributed by atoms with Gasteiger partial charge in [0.25, 0.3) is 0 Å². The number of rotatable bonds is 3. The van der Waals surface area contributed by atoms with Crippen LogP contribution in [0.1, 0.15) is 23.1 Å². The van der Waals surface area contributed by atoms with Gasteiger partial charge in [-0.2, -0.15) is 5.26 Å². The van der Waals surface area contributed by atoms with E-state index in [-0.39, 0.29) is 50.6 Å². The summed E-state index contributed by atoms with van der Waals surface area (Å²) in [7, 11) is 4.07. The minimum absolute atomic E-state index is 0.0920. The summed E-state index contributed by atoms with van der Waals surface area (Å²) in [5.74, 6) is -0.740. The number of nitrogens with two attached hydrogens (primary N) is 1. The first-order chi connectivity index (χ1) is 16.9. The van der Waals surface area contributed by atoms with Gasteiger partial charge in [-0.1, -0.05) is 0 Å². The van der Waals surface area contributed by atoms with Gasteiger partial charge in [-0.05, 0) is 31.6 Å². The number of aromatic nitrogens is 3. The second-order valence-corrected chi connectivity index (χ2v) is 10.1. The molecule has 2 aliphatic rings. The Balaban J connectivity index is 1.60. The van der Waals surface area contributed by atoms with Crippen LogP contribution in [-0.2, 0) is 18.0 Å². The third kappa shape index (κ3) is 3.25. The number of anilines is 2. The van der Waals surface area contributed by atoms with Gasteiger partial charge in [0.2, 0.25) is 5.95 Å². The highest BCUT2D eigenvalue weighted by molar-refractivity contribution is 7.23. The van der Waals surface area contributed by atoms with Gasteiger partial charge in [0.1, 0.15) is 16.6 Å². The number of hydrogen-bond acceptors (Lipinski definition) is 9. The Bertz CT molecular complexity index is 1560. The summed E-state index contributed by atoms with van der Waals surface area (Å²) in [5, 5.41) is 10.7. The van der Waals surface area contributed by atoms with E-state index >= 15 is 4.39 Å². The third-order valence-electron chi connectivity index (χ3n) is 6.91. The van der Waals surface area contributed by atoms with E-state index in [0.717, 1.165) is 42.6 Å². The van der Waals surface area contributed by atoms with Crippen LogP contribution in [0.15, 0.2) is 12.4 Å². The summed E-state index contributed by atoms with van der Waals surface area (Å²) in [6, 6.07) is 2.40. The molecule has 0 radical (unpaired) electrons. The topological polar surface area (TPSA) is 104 Å². The van der Waals surface area contributed by atoms with Crippen molar-refractivity contribution in [2.75, 3.05) is 37.8 Å². The lowest BCUT2D eigenvalue weighted by Crippen LogP contribution is -2.32. The third-order valence-corrected chi connectivity index (χ3v) is 7.94. The Morgan fingerprint density at radius 3 is 2.77 bits per heavy atom. The van der Waals surface area contributed by atoms with E-state index in [1.807, 2.05) is 20.2 Å². The van der Waals surface area contributed by atoms with Gasteiger partial charge in [0, 0.05) is 41.7 Å². The number of likely N-dealkylation sites (N-methyl/N-ethyl adjacent to an activating group) is 1. The minimum Gasteiger partial charge on any atom is -0.389 e. The number of nitrogens with zero attached hydrogens (tertiary/aromatic N) is 6. The molecule has 4 aromatic rings. The maximum Gasteiger partial charge on any atom is 0.226 e. The second-order valence-electron chi connectivity index (χ2n) is 9.04. The molecular weight excluding hydrogens is 472 g/mol. The fourth-order valence-corrected chi connectivity index (χ4v) is 5.96. The number of halogens is 2. The van der Waals surface area contributed by atoms with Gasteiger partial charge in [0.15, 0.2) is 11.6 Å². The first kappa shape index (κ1) is 22.0. The molecule has 0 spiro atoms. The molecule has 2 N–H and O–H groups in total. The van der Waals surface area contributed by atoms with Crippen LogP contribution in [0, 0.1) is 23.0 Å². The van der Waals surface area contributed by atoms with Crippen molar-refractivity contribution in [3.8, 4) is 17.3 Å². The molecule has 0 saturated carbocycles. The fourth-order valence-electron chi connectivity index (χ4n) is 5.04. The van der Waals surface area contributed by atoms with Gasteiger partial charge < -0.3 is 20.3 Å². The van der Waals surface area contributed by atoms with E-state index in [4.69, 9.17) is 10.5 Å². The number of benzene rings is 1. The normalized spacial score (nSPS) is 17.6. The molecule has 0 unspecified atom stereocenters. The number of hydrogen-bond donors (Lipinski definition) is 1. The molecule has 1 atom stereocenters. The SMILES string of the molecule is CN(C)[C@@H]1CCN(c2ncc3c4c(c(-c5ncc(F)c6sc(N)c(C#N)c56)c(F)c3n2)COC4)C1. The summed E-state index contributed by atoms with van der Waals surface area (Å²) in [6.07, 6.45) is 3.66. The van der Waals surface area contributed by atoms with Crippen LogP contribution in [-0.4, -0.2) is 53.1 Å². The molecule has 11 heteroatoms. The van der Waals surface area contributed by atoms with Crippen molar-refractivity contribution in [2.45, 2.75) is 25.7 Å². The highest BCUT2D eigenvalue weighted by Crippen LogP contribution is 2.45. The summed E-state index contributed by atoms with van der Waals surface area (Å²) >= 11 is 0.954. The Hall–Kier alpha value is -3.46. The molecule has 178 valence electrons. The van der Waals surface area contributed by atoms with Crippen LogP contribution in [0.3, 0.4) is 0 Å². The number of nitrogen functional groups attached to an aromatic ring is 1. The lowest BCUT2D eigenvalue weighted by Gasteiger charge is -2.21. The van der Waals surface area contributed by atoms with E-state index < -0.39 is 11.6 Å². The Morgan fingerprint density at radius 1 is 1.23 bits per heavy atom. The van der Waals surface area contributed by atoms with Gasteiger partial charge in [-0.15, -0.1) is 11.3 Å². The molecule has 3 aromatic heterocycles. The number of fused-ring (bicyclic) bond motifs is 4. The van der Waals surface area contributed by atoms with Crippen LogP contribution >= 0.6 is 11.3 Å². The van der Waals surface area contributed by atoms with E-state index in [1.165, 1.54) is 0 Å². The van der Waals surface area contributed by atoms with Crippen LogP contribution in [0.2, 0.25) is 0 Å². The van der Waals surface area contributed by atoms with Crippen LogP contribution in [0.25, 0.3) is 32.2 Å². The summed E-state index contributed by atoms with van der Waals surface area (Å²) in [5.41, 5.74) is 7.96. The summed E-state index contributed by atoms with van der Waals surface area (Å²) in [4.78, 5) is 17.6. The van der Waals surface area contributed by atoms with Crippen molar-refractivity contribution in [1.29, 1.82) is 5.26 Å². The Morgan fingerprint density at radius 2 is 2.03 bits per heavy atom. The average molecular weight is 494 g/mol. The van der Waals surface area contributed by atoms with Crippen molar-refractivity contribution < 1.29 is 13.5 Å². The van der Waals surface area contributed by atoms with E-state index in [9.17, 15) is 9.65 Å². The molecule has 0 amide bonds. The monoisotopic (exact) mass is 493 g/mol. The molecule has 1 aromatic carbocycles. The first-order valence-corrected chi connectivity index (χ1v) is 12.0. The maximum absolute atomic E-state index is 16.3.